The van der Waals surface area contributed by atoms with E-state index in [4.69, 9.17) is 5.73 Å². The van der Waals surface area contributed by atoms with Crippen LogP contribution < -0.4 is 11.4 Å². The molecule has 0 radical (unpaired) electrons. The van der Waals surface area contributed by atoms with Crippen molar-refractivity contribution in [1.29, 1.82) is 0 Å². The van der Waals surface area contributed by atoms with Crippen LogP contribution in [0.1, 0.15) is 48.0 Å². The number of hydrogen-bond donors (Lipinski definition) is 1. The highest BCUT2D eigenvalue weighted by Crippen LogP contribution is 2.02. The van der Waals surface area contributed by atoms with Gasteiger partial charge in [0.1, 0.15) is 5.82 Å². The van der Waals surface area contributed by atoms with Gasteiger partial charge in [-0.2, -0.15) is 4.98 Å². The number of nitrogen functional groups attached to an aromatic ring is 1. The van der Waals surface area contributed by atoms with E-state index in [0.29, 0.717) is 12.5 Å². The molecule has 0 aliphatic heterocycles. The lowest BCUT2D eigenvalue weighted by Gasteiger charge is -2.09. The van der Waals surface area contributed by atoms with Crippen molar-refractivity contribution < 1.29 is 0 Å². The third-order valence-electron chi connectivity index (χ3n) is 2.10. The van der Waals surface area contributed by atoms with Gasteiger partial charge in [-0.15, -0.1) is 0 Å². The molecule has 0 amide bonds. The van der Waals surface area contributed by atoms with Gasteiger partial charge in [-0.1, -0.05) is 48.0 Å². The van der Waals surface area contributed by atoms with Crippen LogP contribution in [0.5, 0.6) is 0 Å². The van der Waals surface area contributed by atoms with E-state index >= 15 is 0 Å². The molecule has 0 fully saturated rings. The van der Waals surface area contributed by atoms with Crippen LogP contribution in [0, 0.1) is 5.92 Å². The molecule has 1 aromatic rings. The molecule has 1 atom stereocenters. The summed E-state index contributed by atoms with van der Waals surface area (Å²) in [6.45, 7) is 12.9. The highest BCUT2D eigenvalue weighted by molar-refractivity contribution is 5.23. The van der Waals surface area contributed by atoms with Crippen molar-refractivity contribution in [3.8, 4) is 0 Å². The summed E-state index contributed by atoms with van der Waals surface area (Å²) < 4.78 is 1.59. The summed E-state index contributed by atoms with van der Waals surface area (Å²) in [7, 11) is 0. The summed E-state index contributed by atoms with van der Waals surface area (Å²) in [6, 6.07) is 1.64. The third-order valence-corrected chi connectivity index (χ3v) is 2.10. The SMILES string of the molecule is CC.CC.CCC(C)Cn1ccc(N)nc1=O. The summed E-state index contributed by atoms with van der Waals surface area (Å²) in [5.74, 6) is 0.772. The summed E-state index contributed by atoms with van der Waals surface area (Å²) in [5, 5.41) is 0. The fourth-order valence-corrected chi connectivity index (χ4v) is 1.05. The predicted octanol–water partition coefficient (Wildman–Crippen LogP) is 2.92. The van der Waals surface area contributed by atoms with Crippen molar-refractivity contribution in [2.24, 2.45) is 5.92 Å². The Kier molecular flexibility index (Phi) is 11.9. The number of hydrogen-bond acceptors (Lipinski definition) is 3. The first-order valence-electron chi connectivity index (χ1n) is 6.46. The molecule has 4 nitrogen and oxygen atoms in total. The fraction of sp³-hybridized carbons (Fsp3) is 0.692. The van der Waals surface area contributed by atoms with Crippen molar-refractivity contribution in [2.75, 3.05) is 5.73 Å². The van der Waals surface area contributed by atoms with Gasteiger partial charge >= 0.3 is 5.69 Å². The maximum absolute atomic E-state index is 11.3. The van der Waals surface area contributed by atoms with Crippen molar-refractivity contribution in [3.63, 3.8) is 0 Å². The first-order valence-corrected chi connectivity index (χ1v) is 6.46. The molecule has 0 aliphatic carbocycles. The molecule has 0 aliphatic rings. The van der Waals surface area contributed by atoms with E-state index in [9.17, 15) is 4.79 Å². The molecule has 1 rings (SSSR count). The summed E-state index contributed by atoms with van der Waals surface area (Å²) in [6.07, 6.45) is 2.74. The Hall–Kier alpha value is -1.32. The number of anilines is 1. The normalized spacial score (nSPS) is 10.5. The molecule has 0 spiro atoms. The van der Waals surface area contributed by atoms with Crippen molar-refractivity contribution in [1.82, 2.24) is 9.55 Å². The smallest absolute Gasteiger partial charge is 0.349 e. The summed E-state index contributed by atoms with van der Waals surface area (Å²) >= 11 is 0. The van der Waals surface area contributed by atoms with Crippen LogP contribution in [0.15, 0.2) is 17.1 Å². The Bertz CT molecular complexity index is 334. The second-order valence-corrected chi connectivity index (χ2v) is 3.30. The van der Waals surface area contributed by atoms with Crippen molar-refractivity contribution >= 4 is 5.82 Å². The molecule has 1 unspecified atom stereocenters. The molecule has 17 heavy (non-hydrogen) atoms. The van der Waals surface area contributed by atoms with Crippen LogP contribution in [0.3, 0.4) is 0 Å². The lowest BCUT2D eigenvalue weighted by Crippen LogP contribution is -2.25. The second kappa shape index (κ2) is 11.2. The van der Waals surface area contributed by atoms with Gasteiger partial charge < -0.3 is 5.73 Å². The van der Waals surface area contributed by atoms with Gasteiger partial charge in [-0.25, -0.2) is 4.79 Å². The van der Waals surface area contributed by atoms with Crippen LogP contribution in [0.4, 0.5) is 5.82 Å². The van der Waals surface area contributed by atoms with Crippen LogP contribution in [0.25, 0.3) is 0 Å². The molecule has 4 heteroatoms. The lowest BCUT2D eigenvalue weighted by molar-refractivity contribution is 0.455. The Morgan fingerprint density at radius 2 is 1.88 bits per heavy atom. The molecule has 0 aromatic carbocycles. The van der Waals surface area contributed by atoms with E-state index in [0.717, 1.165) is 6.42 Å². The molecular weight excluding hydrogens is 214 g/mol. The number of nitrogens with two attached hydrogens (primary N) is 1. The molecule has 1 heterocycles. The second-order valence-electron chi connectivity index (χ2n) is 3.30. The van der Waals surface area contributed by atoms with Gasteiger partial charge in [0.05, 0.1) is 0 Å². The Labute approximate surface area is 105 Å². The number of aromatic nitrogens is 2. The van der Waals surface area contributed by atoms with Gasteiger partial charge in [0.15, 0.2) is 0 Å². The minimum Gasteiger partial charge on any atom is -0.383 e. The predicted molar refractivity (Wildman–Crippen MR) is 75.1 cm³/mol. The van der Waals surface area contributed by atoms with Crippen molar-refractivity contribution in [3.05, 3.63) is 22.7 Å². The van der Waals surface area contributed by atoms with Crippen LogP contribution in [0.2, 0.25) is 0 Å². The number of nitrogens with zero attached hydrogens (tertiary/aromatic N) is 2. The van der Waals surface area contributed by atoms with E-state index in [1.54, 1.807) is 16.8 Å². The first kappa shape index (κ1) is 18.1. The van der Waals surface area contributed by atoms with Gasteiger partial charge in [-0.3, -0.25) is 4.57 Å². The van der Waals surface area contributed by atoms with E-state index < -0.39 is 0 Å². The average molecular weight is 241 g/mol. The monoisotopic (exact) mass is 241 g/mol. The largest absolute Gasteiger partial charge is 0.383 e. The molecule has 0 saturated heterocycles. The standard InChI is InChI=1S/C9H15N3O.2C2H6/c1-3-7(2)6-12-5-4-8(10)11-9(12)13;2*1-2/h4-5,7H,3,6H2,1-2H3,(H2,10,11,13);2*1-2H3. The van der Waals surface area contributed by atoms with Crippen LogP contribution in [-0.4, -0.2) is 9.55 Å². The Balaban J connectivity index is 0. The zero-order valence-electron chi connectivity index (χ0n) is 12.0. The van der Waals surface area contributed by atoms with E-state index in [-0.39, 0.29) is 11.5 Å². The minimum absolute atomic E-state index is 0.264. The number of rotatable bonds is 3. The molecule has 0 saturated carbocycles. The zero-order valence-corrected chi connectivity index (χ0v) is 12.0. The van der Waals surface area contributed by atoms with Gasteiger partial charge in [0, 0.05) is 12.7 Å². The molecule has 2 N–H and O–H groups in total. The first-order chi connectivity index (χ1) is 8.13. The Morgan fingerprint density at radius 1 is 1.35 bits per heavy atom. The fourth-order valence-electron chi connectivity index (χ4n) is 1.05. The van der Waals surface area contributed by atoms with Crippen LogP contribution in [-0.2, 0) is 6.54 Å². The quantitative estimate of drug-likeness (QED) is 0.885. The molecular formula is C13H27N3O. The van der Waals surface area contributed by atoms with Gasteiger partial charge in [0.2, 0.25) is 0 Å². The summed E-state index contributed by atoms with van der Waals surface area (Å²) in [4.78, 5) is 14.9. The summed E-state index contributed by atoms with van der Waals surface area (Å²) in [5.41, 5.74) is 5.10. The molecule has 100 valence electrons. The molecule has 0 bridgehead atoms. The topological polar surface area (TPSA) is 60.9 Å². The Morgan fingerprint density at radius 3 is 2.29 bits per heavy atom. The van der Waals surface area contributed by atoms with E-state index in [2.05, 4.69) is 18.8 Å². The zero-order chi connectivity index (χ0) is 13.8. The van der Waals surface area contributed by atoms with Gasteiger partial charge in [-0.05, 0) is 12.0 Å². The van der Waals surface area contributed by atoms with E-state index in [1.807, 2.05) is 27.7 Å². The highest BCUT2D eigenvalue weighted by Gasteiger charge is 2.02. The van der Waals surface area contributed by atoms with Crippen LogP contribution >= 0.6 is 0 Å². The average Bonchev–Trinajstić information content (AvgIpc) is 2.37. The van der Waals surface area contributed by atoms with Gasteiger partial charge in [0.25, 0.3) is 0 Å². The maximum Gasteiger partial charge on any atom is 0.349 e. The lowest BCUT2D eigenvalue weighted by atomic mass is 10.1. The maximum atomic E-state index is 11.3. The van der Waals surface area contributed by atoms with E-state index in [1.165, 1.54) is 0 Å². The molecule has 1 aromatic heterocycles. The van der Waals surface area contributed by atoms with Crippen molar-refractivity contribution in [2.45, 2.75) is 54.5 Å². The third kappa shape index (κ3) is 7.55. The minimum atomic E-state index is -0.264. The highest BCUT2D eigenvalue weighted by atomic mass is 16.1.